The number of pyridine rings is 2. The van der Waals surface area contributed by atoms with Gasteiger partial charge in [0.2, 0.25) is 0 Å². The molecule has 3 aromatic heterocycles. The number of hydrogen-bond acceptors (Lipinski definition) is 4. The molecule has 1 aromatic carbocycles. The third-order valence-corrected chi connectivity index (χ3v) is 4.05. The summed E-state index contributed by atoms with van der Waals surface area (Å²) < 4.78 is 30.2. The fourth-order valence-corrected chi connectivity index (χ4v) is 2.72. The van der Waals surface area contributed by atoms with Gasteiger partial charge in [-0.15, -0.1) is 0 Å². The zero-order valence-electron chi connectivity index (χ0n) is 13.4. The van der Waals surface area contributed by atoms with E-state index in [1.54, 1.807) is 30.5 Å². The monoisotopic (exact) mass is 350 g/mol. The van der Waals surface area contributed by atoms with Gasteiger partial charge in [-0.25, -0.2) is 18.7 Å². The molecule has 0 saturated heterocycles. The Bertz CT molecular complexity index is 1140. The molecule has 5 nitrogen and oxygen atoms in total. The van der Waals surface area contributed by atoms with Crippen LogP contribution in [-0.2, 0) is 6.54 Å². The second kappa shape index (κ2) is 6.44. The lowest BCUT2D eigenvalue weighted by molar-refractivity contribution is 0.541. The minimum Gasteiger partial charge on any atom is -0.293 e. The van der Waals surface area contributed by atoms with Crippen LogP contribution >= 0.6 is 0 Å². The van der Waals surface area contributed by atoms with Crippen LogP contribution in [0.3, 0.4) is 0 Å². The van der Waals surface area contributed by atoms with Gasteiger partial charge in [-0.1, -0.05) is 6.07 Å². The van der Waals surface area contributed by atoms with Crippen molar-refractivity contribution in [1.82, 2.24) is 19.5 Å². The molecule has 0 atom stereocenters. The molecule has 7 heteroatoms. The average molecular weight is 350 g/mol. The highest BCUT2D eigenvalue weighted by molar-refractivity contribution is 5.72. The second-order valence-corrected chi connectivity index (χ2v) is 5.71. The van der Waals surface area contributed by atoms with Gasteiger partial charge in [0, 0.05) is 29.7 Å². The van der Waals surface area contributed by atoms with Crippen LogP contribution in [-0.4, -0.2) is 19.5 Å². The Morgan fingerprint density at radius 2 is 1.73 bits per heavy atom. The van der Waals surface area contributed by atoms with E-state index in [2.05, 4.69) is 15.0 Å². The molecule has 0 radical (unpaired) electrons. The Balaban J connectivity index is 1.76. The highest BCUT2D eigenvalue weighted by Gasteiger charge is 2.15. The maximum Gasteiger partial charge on any atom is 0.280 e. The molecule has 0 aliphatic rings. The molecule has 0 aliphatic heterocycles. The summed E-state index contributed by atoms with van der Waals surface area (Å²) in [5.74, 6) is -1.48. The molecule has 0 aliphatic carbocycles. The Kier molecular flexibility index (Phi) is 3.96. The molecule has 4 rings (SSSR count). The summed E-state index contributed by atoms with van der Waals surface area (Å²) in [5, 5.41) is 0. The van der Waals surface area contributed by atoms with E-state index in [1.165, 1.54) is 30.9 Å². The Morgan fingerprint density at radius 3 is 2.46 bits per heavy atom. The van der Waals surface area contributed by atoms with Gasteiger partial charge in [0.15, 0.2) is 5.52 Å². The molecule has 0 fully saturated rings. The molecule has 0 amide bonds. The van der Waals surface area contributed by atoms with Crippen molar-refractivity contribution in [2.75, 3.05) is 0 Å². The summed E-state index contributed by atoms with van der Waals surface area (Å²) in [4.78, 5) is 24.5. The Labute approximate surface area is 146 Å². The van der Waals surface area contributed by atoms with E-state index in [9.17, 15) is 13.6 Å². The van der Waals surface area contributed by atoms with Crippen molar-refractivity contribution in [2.45, 2.75) is 6.54 Å². The Morgan fingerprint density at radius 1 is 0.962 bits per heavy atom. The SMILES string of the molecule is O=c1c2ncccc2ncn1Cc1c(F)cc(-c2cccnc2)cc1F. The van der Waals surface area contributed by atoms with E-state index < -0.39 is 17.2 Å². The van der Waals surface area contributed by atoms with Crippen LogP contribution in [0.2, 0.25) is 0 Å². The van der Waals surface area contributed by atoms with Gasteiger partial charge >= 0.3 is 0 Å². The van der Waals surface area contributed by atoms with E-state index in [4.69, 9.17) is 0 Å². The fraction of sp³-hybridized carbons (Fsp3) is 0.0526. The topological polar surface area (TPSA) is 60.7 Å². The van der Waals surface area contributed by atoms with Gasteiger partial charge in [0.1, 0.15) is 11.6 Å². The van der Waals surface area contributed by atoms with Crippen LogP contribution in [0.1, 0.15) is 5.56 Å². The number of rotatable bonds is 3. The zero-order chi connectivity index (χ0) is 18.1. The number of fused-ring (bicyclic) bond motifs is 1. The van der Waals surface area contributed by atoms with Crippen LogP contribution in [0.4, 0.5) is 8.78 Å². The summed E-state index contributed by atoms with van der Waals surface area (Å²) in [6, 6.07) is 9.17. The van der Waals surface area contributed by atoms with Crippen molar-refractivity contribution in [3.8, 4) is 11.1 Å². The normalized spacial score (nSPS) is 11.0. The van der Waals surface area contributed by atoms with Gasteiger partial charge in [-0.3, -0.25) is 14.3 Å². The first kappa shape index (κ1) is 16.0. The van der Waals surface area contributed by atoms with E-state index in [0.717, 1.165) is 4.57 Å². The van der Waals surface area contributed by atoms with E-state index in [-0.39, 0.29) is 17.6 Å². The predicted octanol–water partition coefficient (Wildman–Crippen LogP) is 3.18. The van der Waals surface area contributed by atoms with Gasteiger partial charge < -0.3 is 0 Å². The molecule has 0 bridgehead atoms. The molecule has 128 valence electrons. The lowest BCUT2D eigenvalue weighted by atomic mass is 10.0. The fourth-order valence-electron chi connectivity index (χ4n) is 2.72. The molecular weight excluding hydrogens is 338 g/mol. The number of hydrogen-bond donors (Lipinski definition) is 0. The van der Waals surface area contributed by atoms with Crippen LogP contribution in [0.15, 0.2) is 66.1 Å². The van der Waals surface area contributed by atoms with Crippen molar-refractivity contribution >= 4 is 11.0 Å². The van der Waals surface area contributed by atoms with Gasteiger partial charge in [-0.2, -0.15) is 0 Å². The number of benzene rings is 1. The summed E-state index contributed by atoms with van der Waals surface area (Å²) >= 11 is 0. The lowest BCUT2D eigenvalue weighted by Crippen LogP contribution is -2.23. The number of nitrogens with zero attached hydrogens (tertiary/aromatic N) is 4. The minimum atomic E-state index is -0.739. The minimum absolute atomic E-state index is 0.155. The van der Waals surface area contributed by atoms with Crippen molar-refractivity contribution in [3.05, 3.63) is 88.9 Å². The first-order valence-electron chi connectivity index (χ1n) is 7.82. The van der Waals surface area contributed by atoms with Crippen molar-refractivity contribution in [2.24, 2.45) is 0 Å². The summed E-state index contributed by atoms with van der Waals surface area (Å²) in [7, 11) is 0. The molecule has 0 unspecified atom stereocenters. The molecule has 0 N–H and O–H groups in total. The third-order valence-electron chi connectivity index (χ3n) is 4.05. The van der Waals surface area contributed by atoms with E-state index in [0.29, 0.717) is 16.6 Å². The zero-order valence-corrected chi connectivity index (χ0v) is 13.4. The quantitative estimate of drug-likeness (QED) is 0.569. The van der Waals surface area contributed by atoms with Crippen LogP contribution in [0, 0.1) is 11.6 Å². The Hall–Kier alpha value is -3.48. The third kappa shape index (κ3) is 2.83. The predicted molar refractivity (Wildman–Crippen MR) is 92.5 cm³/mol. The molecule has 3 heterocycles. The first-order valence-corrected chi connectivity index (χ1v) is 7.82. The van der Waals surface area contributed by atoms with Crippen molar-refractivity contribution in [3.63, 3.8) is 0 Å². The average Bonchev–Trinajstić information content (AvgIpc) is 2.67. The smallest absolute Gasteiger partial charge is 0.280 e. The summed E-state index contributed by atoms with van der Waals surface area (Å²) in [5.41, 5.74) is 0.903. The molecule has 4 aromatic rings. The number of halogens is 2. The molecule has 26 heavy (non-hydrogen) atoms. The summed E-state index contributed by atoms with van der Waals surface area (Å²) in [6.07, 6.45) is 5.84. The van der Waals surface area contributed by atoms with Gasteiger partial charge in [0.25, 0.3) is 5.56 Å². The lowest BCUT2D eigenvalue weighted by Gasteiger charge is -2.10. The number of aromatic nitrogens is 4. The van der Waals surface area contributed by atoms with Gasteiger partial charge in [0.05, 0.1) is 18.4 Å². The van der Waals surface area contributed by atoms with E-state index >= 15 is 0 Å². The summed E-state index contributed by atoms with van der Waals surface area (Å²) in [6.45, 7) is -0.274. The van der Waals surface area contributed by atoms with Gasteiger partial charge in [-0.05, 0) is 35.9 Å². The highest BCUT2D eigenvalue weighted by Crippen LogP contribution is 2.24. The molecular formula is C19H12F2N4O. The standard InChI is InChI=1S/C19H12F2N4O/c20-15-7-13(12-3-1-5-22-9-12)8-16(21)14(15)10-25-11-24-17-4-2-6-23-18(17)19(25)26/h1-9,11H,10H2. The first-order chi connectivity index (χ1) is 12.6. The van der Waals surface area contributed by atoms with E-state index in [1.807, 2.05) is 0 Å². The maximum atomic E-state index is 14.5. The molecule has 0 spiro atoms. The van der Waals surface area contributed by atoms with Crippen molar-refractivity contribution in [1.29, 1.82) is 0 Å². The second-order valence-electron chi connectivity index (χ2n) is 5.71. The van der Waals surface area contributed by atoms with Crippen LogP contribution in [0.25, 0.3) is 22.2 Å². The van der Waals surface area contributed by atoms with Crippen molar-refractivity contribution < 1.29 is 8.78 Å². The molecule has 0 saturated carbocycles. The van der Waals surface area contributed by atoms with Crippen LogP contribution < -0.4 is 5.56 Å². The largest absolute Gasteiger partial charge is 0.293 e. The highest BCUT2D eigenvalue weighted by atomic mass is 19.1. The maximum absolute atomic E-state index is 14.5. The van der Waals surface area contributed by atoms with Crippen LogP contribution in [0.5, 0.6) is 0 Å².